The van der Waals surface area contributed by atoms with Crippen LogP contribution in [0.3, 0.4) is 0 Å². The van der Waals surface area contributed by atoms with Gasteiger partial charge in [0.1, 0.15) is 11.9 Å². The Labute approximate surface area is 91.8 Å². The van der Waals surface area contributed by atoms with Gasteiger partial charge in [-0.05, 0) is 17.7 Å². The van der Waals surface area contributed by atoms with Crippen molar-refractivity contribution >= 4 is 17.3 Å². The zero-order chi connectivity index (χ0) is 11.7. The second-order valence-corrected chi connectivity index (χ2v) is 3.61. The van der Waals surface area contributed by atoms with Crippen LogP contribution in [0.1, 0.15) is 18.1 Å². The smallest absolute Gasteiger partial charge is 0.231 e. The molecule has 0 spiro atoms. The van der Waals surface area contributed by atoms with Crippen LogP contribution >= 0.6 is 0 Å². The van der Waals surface area contributed by atoms with Crippen molar-refractivity contribution < 1.29 is 19.4 Å². The number of benzene rings is 1. The molecule has 5 nitrogen and oxygen atoms in total. The summed E-state index contributed by atoms with van der Waals surface area (Å²) in [5.74, 6) is -1.04. The number of nitrogens with two attached hydrogens (primary N) is 1. The molecular formula is C11H11NO4. The van der Waals surface area contributed by atoms with Gasteiger partial charge in [0, 0.05) is 6.42 Å². The highest BCUT2D eigenvalue weighted by molar-refractivity contribution is 6.39. The van der Waals surface area contributed by atoms with Crippen molar-refractivity contribution in [2.24, 2.45) is 0 Å². The maximum absolute atomic E-state index is 11.5. The molecule has 1 saturated heterocycles. The van der Waals surface area contributed by atoms with Crippen LogP contribution in [0.15, 0.2) is 18.2 Å². The predicted octanol–water partition coefficient (Wildman–Crippen LogP) is 0.574. The van der Waals surface area contributed by atoms with E-state index in [9.17, 15) is 14.7 Å². The van der Waals surface area contributed by atoms with Crippen molar-refractivity contribution in [3.05, 3.63) is 23.8 Å². The van der Waals surface area contributed by atoms with Crippen molar-refractivity contribution in [2.45, 2.75) is 12.5 Å². The van der Waals surface area contributed by atoms with Crippen molar-refractivity contribution in [3.63, 3.8) is 0 Å². The fraction of sp³-hybridized carbons (Fsp3) is 0.273. The fourth-order valence-corrected chi connectivity index (χ4v) is 1.60. The number of anilines is 1. The monoisotopic (exact) mass is 221 g/mol. The van der Waals surface area contributed by atoms with Gasteiger partial charge in [-0.2, -0.15) is 0 Å². The van der Waals surface area contributed by atoms with E-state index in [0.29, 0.717) is 5.56 Å². The summed E-state index contributed by atoms with van der Waals surface area (Å²) in [6, 6.07) is 4.34. The number of ketones is 2. The van der Waals surface area contributed by atoms with Crippen molar-refractivity contribution in [1.29, 1.82) is 0 Å². The lowest BCUT2D eigenvalue weighted by atomic mass is 9.98. The minimum Gasteiger partial charge on any atom is -0.506 e. The Kier molecular flexibility index (Phi) is 2.62. The molecule has 0 saturated carbocycles. The normalized spacial score (nSPS) is 21.1. The largest absolute Gasteiger partial charge is 0.506 e. The first-order valence-electron chi connectivity index (χ1n) is 4.86. The minimum absolute atomic E-state index is 0.0571. The van der Waals surface area contributed by atoms with Crippen LogP contribution in [0.2, 0.25) is 0 Å². The number of rotatable bonds is 1. The van der Waals surface area contributed by atoms with Gasteiger partial charge in [-0.25, -0.2) is 0 Å². The number of Topliss-reactive ketones (excluding diaryl/α,β-unsaturated/α-hetero) is 2. The molecule has 2 rings (SSSR count). The molecule has 84 valence electrons. The molecule has 5 heteroatoms. The Morgan fingerprint density at radius 2 is 2.12 bits per heavy atom. The van der Waals surface area contributed by atoms with E-state index in [4.69, 9.17) is 10.5 Å². The average Bonchev–Trinajstić information content (AvgIpc) is 2.26. The van der Waals surface area contributed by atoms with E-state index in [1.165, 1.54) is 18.2 Å². The van der Waals surface area contributed by atoms with E-state index in [2.05, 4.69) is 0 Å². The Balaban J connectivity index is 2.32. The maximum Gasteiger partial charge on any atom is 0.231 e. The number of phenolic OH excluding ortho intramolecular Hbond substituents is 1. The number of nitrogen functional groups attached to an aromatic ring is 1. The van der Waals surface area contributed by atoms with Gasteiger partial charge < -0.3 is 15.6 Å². The highest BCUT2D eigenvalue weighted by Gasteiger charge is 2.31. The van der Waals surface area contributed by atoms with Gasteiger partial charge in [-0.15, -0.1) is 0 Å². The summed E-state index contributed by atoms with van der Waals surface area (Å²) in [6.07, 6.45) is -0.757. The lowest BCUT2D eigenvalue weighted by Gasteiger charge is -2.21. The summed E-state index contributed by atoms with van der Waals surface area (Å²) in [5, 5.41) is 9.24. The van der Waals surface area contributed by atoms with Gasteiger partial charge in [-0.3, -0.25) is 9.59 Å². The van der Waals surface area contributed by atoms with Crippen LogP contribution < -0.4 is 5.73 Å². The topological polar surface area (TPSA) is 89.6 Å². The van der Waals surface area contributed by atoms with Gasteiger partial charge in [0.2, 0.25) is 11.6 Å². The summed E-state index contributed by atoms with van der Waals surface area (Å²) in [5.41, 5.74) is 6.16. The third-order valence-electron chi connectivity index (χ3n) is 2.48. The molecule has 16 heavy (non-hydrogen) atoms. The first-order chi connectivity index (χ1) is 7.59. The molecule has 1 heterocycles. The number of carbonyl (C=O) groups is 2. The summed E-state index contributed by atoms with van der Waals surface area (Å²) >= 11 is 0. The van der Waals surface area contributed by atoms with Gasteiger partial charge in [-0.1, -0.05) is 6.07 Å². The van der Waals surface area contributed by atoms with E-state index in [1.54, 1.807) is 0 Å². The molecule has 0 aromatic heterocycles. The van der Waals surface area contributed by atoms with Crippen LogP contribution in [0.5, 0.6) is 5.75 Å². The van der Waals surface area contributed by atoms with Gasteiger partial charge in [0.05, 0.1) is 12.3 Å². The van der Waals surface area contributed by atoms with Crippen LogP contribution in [0, 0.1) is 0 Å². The Morgan fingerprint density at radius 1 is 1.38 bits per heavy atom. The molecule has 0 amide bonds. The quantitative estimate of drug-likeness (QED) is 0.411. The average molecular weight is 221 g/mol. The third-order valence-corrected chi connectivity index (χ3v) is 2.48. The van der Waals surface area contributed by atoms with E-state index >= 15 is 0 Å². The van der Waals surface area contributed by atoms with Crippen LogP contribution in [0.4, 0.5) is 5.69 Å². The predicted molar refractivity (Wildman–Crippen MR) is 55.8 cm³/mol. The molecule has 0 bridgehead atoms. The number of phenols is 1. The van der Waals surface area contributed by atoms with E-state index in [1.807, 2.05) is 0 Å². The molecule has 3 N–H and O–H groups in total. The lowest BCUT2D eigenvalue weighted by Crippen LogP contribution is -2.31. The summed E-state index contributed by atoms with van der Waals surface area (Å²) in [4.78, 5) is 22.8. The number of aromatic hydroxyl groups is 1. The molecule has 1 aromatic rings. The SMILES string of the molecule is Nc1cc(C2OCCC(=O)C2=O)ccc1O. The second-order valence-electron chi connectivity index (χ2n) is 3.61. The van der Waals surface area contributed by atoms with E-state index < -0.39 is 17.7 Å². The Morgan fingerprint density at radius 3 is 2.81 bits per heavy atom. The lowest BCUT2D eigenvalue weighted by molar-refractivity contribution is -0.150. The second kappa shape index (κ2) is 3.94. The Hall–Kier alpha value is -1.88. The number of hydrogen-bond acceptors (Lipinski definition) is 5. The molecule has 1 aliphatic rings. The van der Waals surface area contributed by atoms with Crippen molar-refractivity contribution in [1.82, 2.24) is 0 Å². The third kappa shape index (κ3) is 1.77. The van der Waals surface area contributed by atoms with Gasteiger partial charge in [0.15, 0.2) is 0 Å². The molecular weight excluding hydrogens is 210 g/mol. The highest BCUT2D eigenvalue weighted by Crippen LogP contribution is 2.28. The number of ether oxygens (including phenoxy) is 1. The molecule has 1 aromatic carbocycles. The number of carbonyl (C=O) groups excluding carboxylic acids is 2. The highest BCUT2D eigenvalue weighted by atomic mass is 16.5. The van der Waals surface area contributed by atoms with E-state index in [-0.39, 0.29) is 24.5 Å². The number of hydrogen-bond donors (Lipinski definition) is 2. The van der Waals surface area contributed by atoms with Gasteiger partial charge >= 0.3 is 0 Å². The zero-order valence-corrected chi connectivity index (χ0v) is 8.47. The van der Waals surface area contributed by atoms with Crippen molar-refractivity contribution in [3.8, 4) is 5.75 Å². The maximum atomic E-state index is 11.5. The van der Waals surface area contributed by atoms with Crippen LogP contribution in [0.25, 0.3) is 0 Å². The fourth-order valence-electron chi connectivity index (χ4n) is 1.60. The Bertz CT molecular complexity index is 455. The summed E-state index contributed by atoms with van der Waals surface area (Å²) in [6.45, 7) is 0.232. The van der Waals surface area contributed by atoms with Crippen LogP contribution in [-0.4, -0.2) is 23.3 Å². The summed E-state index contributed by atoms with van der Waals surface area (Å²) < 4.78 is 5.23. The molecule has 0 radical (unpaired) electrons. The van der Waals surface area contributed by atoms with Crippen molar-refractivity contribution in [2.75, 3.05) is 12.3 Å². The first-order valence-corrected chi connectivity index (χ1v) is 4.86. The standard InChI is InChI=1S/C11H11NO4/c12-7-5-6(1-2-8(7)13)11-10(15)9(14)3-4-16-11/h1-2,5,11,13H,3-4,12H2. The van der Waals surface area contributed by atoms with Gasteiger partial charge in [0.25, 0.3) is 0 Å². The summed E-state index contributed by atoms with van der Waals surface area (Å²) in [7, 11) is 0. The first kappa shape index (κ1) is 10.6. The molecule has 0 aliphatic carbocycles. The molecule has 1 atom stereocenters. The minimum atomic E-state index is -0.885. The zero-order valence-electron chi connectivity index (χ0n) is 8.47. The van der Waals surface area contributed by atoms with Crippen LogP contribution in [-0.2, 0) is 14.3 Å². The van der Waals surface area contributed by atoms with E-state index in [0.717, 1.165) is 0 Å². The molecule has 1 fully saturated rings. The molecule has 1 aliphatic heterocycles. The molecule has 1 unspecified atom stereocenters.